The second-order valence-corrected chi connectivity index (χ2v) is 7.78. The van der Waals surface area contributed by atoms with E-state index in [1.165, 1.54) is 0 Å². The maximum atomic E-state index is 6.20. The van der Waals surface area contributed by atoms with Crippen LogP contribution in [-0.4, -0.2) is 22.8 Å². The Labute approximate surface area is 182 Å². The number of para-hydroxylation sites is 3. The zero-order valence-corrected chi connectivity index (χ0v) is 18.0. The Balaban J connectivity index is 1.67. The quantitative estimate of drug-likeness (QED) is 0.389. The molecule has 0 spiro atoms. The lowest BCUT2D eigenvalue weighted by molar-refractivity contribution is 0.298. The summed E-state index contributed by atoms with van der Waals surface area (Å²) in [5.41, 5.74) is 5.32. The maximum Gasteiger partial charge on any atom is 0.145 e. The summed E-state index contributed by atoms with van der Waals surface area (Å²) in [5.74, 6) is 2.65. The largest absolute Gasteiger partial charge is 0.493 e. The Morgan fingerprint density at radius 3 is 2.55 bits per heavy atom. The number of rotatable bonds is 7. The van der Waals surface area contributed by atoms with Crippen molar-refractivity contribution in [1.29, 1.82) is 0 Å². The molecule has 1 aliphatic rings. The minimum Gasteiger partial charge on any atom is -0.493 e. The van der Waals surface area contributed by atoms with Crippen molar-refractivity contribution in [1.82, 2.24) is 9.55 Å². The van der Waals surface area contributed by atoms with Gasteiger partial charge in [-0.05, 0) is 49.2 Å². The van der Waals surface area contributed by atoms with Gasteiger partial charge in [0.2, 0.25) is 0 Å². The Morgan fingerprint density at radius 2 is 1.68 bits per heavy atom. The number of fused-ring (bicyclic) bond motifs is 5. The Hall–Kier alpha value is -3.47. The second-order valence-electron chi connectivity index (χ2n) is 7.78. The molecule has 158 valence electrons. The molecule has 0 saturated heterocycles. The molecule has 1 aliphatic heterocycles. The summed E-state index contributed by atoms with van der Waals surface area (Å²) in [6, 6.07) is 22.8. The normalized spacial score (nSPS) is 14.6. The first-order valence-electron chi connectivity index (χ1n) is 11.0. The van der Waals surface area contributed by atoms with E-state index in [9.17, 15) is 0 Å². The van der Waals surface area contributed by atoms with Crippen LogP contribution in [0.4, 0.5) is 5.69 Å². The summed E-state index contributed by atoms with van der Waals surface area (Å²) in [5, 5.41) is 3.73. The van der Waals surface area contributed by atoms with Crippen LogP contribution in [-0.2, 0) is 0 Å². The average molecular weight is 414 g/mol. The standard InChI is InChI=1S/C26H27N3O2/c1-3-15-30-18-13-14-20(24(17-18)31-16-4-2)26-27-21-10-6-5-9-19(21)25-28-22-11-7-8-12-23(22)29(25)26/h5-14,17,26-27H,3-4,15-16H2,1-2H3/t26-/m1/s1. The molecule has 1 aromatic heterocycles. The molecule has 0 amide bonds. The summed E-state index contributed by atoms with van der Waals surface area (Å²) in [6.07, 6.45) is 1.78. The first kappa shape index (κ1) is 19.5. The predicted octanol–water partition coefficient (Wildman–Crippen LogP) is 6.25. The van der Waals surface area contributed by atoms with Gasteiger partial charge in [-0.2, -0.15) is 0 Å². The lowest BCUT2D eigenvalue weighted by Gasteiger charge is -2.31. The Morgan fingerprint density at radius 1 is 0.903 bits per heavy atom. The highest BCUT2D eigenvalue weighted by atomic mass is 16.5. The molecule has 0 fully saturated rings. The van der Waals surface area contributed by atoms with E-state index in [0.717, 1.165) is 58.0 Å². The smallest absolute Gasteiger partial charge is 0.145 e. The van der Waals surface area contributed by atoms with E-state index in [2.05, 4.69) is 72.3 Å². The van der Waals surface area contributed by atoms with Gasteiger partial charge >= 0.3 is 0 Å². The van der Waals surface area contributed by atoms with Crippen molar-refractivity contribution in [3.63, 3.8) is 0 Å². The first-order chi connectivity index (χ1) is 15.3. The summed E-state index contributed by atoms with van der Waals surface area (Å²) < 4.78 is 14.4. The van der Waals surface area contributed by atoms with Crippen LogP contribution in [0.5, 0.6) is 11.5 Å². The number of hydrogen-bond acceptors (Lipinski definition) is 4. The molecule has 1 N–H and O–H groups in total. The minimum absolute atomic E-state index is 0.135. The van der Waals surface area contributed by atoms with Crippen molar-refractivity contribution < 1.29 is 9.47 Å². The monoisotopic (exact) mass is 413 g/mol. The molecule has 0 saturated carbocycles. The molecule has 31 heavy (non-hydrogen) atoms. The van der Waals surface area contributed by atoms with E-state index < -0.39 is 0 Å². The molecule has 0 radical (unpaired) electrons. The fourth-order valence-electron chi connectivity index (χ4n) is 4.12. The third-order valence-electron chi connectivity index (χ3n) is 5.53. The van der Waals surface area contributed by atoms with Gasteiger partial charge in [0.25, 0.3) is 0 Å². The highest BCUT2D eigenvalue weighted by molar-refractivity contribution is 5.86. The zero-order valence-electron chi connectivity index (χ0n) is 18.0. The van der Waals surface area contributed by atoms with Crippen LogP contribution in [0.25, 0.3) is 22.4 Å². The topological polar surface area (TPSA) is 48.3 Å². The molecular formula is C26H27N3O2. The summed E-state index contributed by atoms with van der Waals surface area (Å²) >= 11 is 0. The second kappa shape index (κ2) is 8.34. The van der Waals surface area contributed by atoms with Gasteiger partial charge in [-0.25, -0.2) is 4.98 Å². The van der Waals surface area contributed by atoms with E-state index in [-0.39, 0.29) is 6.17 Å². The van der Waals surface area contributed by atoms with Crippen LogP contribution in [0.1, 0.15) is 38.4 Å². The van der Waals surface area contributed by atoms with Gasteiger partial charge in [0, 0.05) is 22.9 Å². The number of ether oxygens (including phenoxy) is 2. The van der Waals surface area contributed by atoms with E-state index in [1.807, 2.05) is 18.2 Å². The molecule has 0 aliphatic carbocycles. The van der Waals surface area contributed by atoms with E-state index in [0.29, 0.717) is 13.2 Å². The van der Waals surface area contributed by atoms with Crippen molar-refractivity contribution in [2.24, 2.45) is 0 Å². The minimum atomic E-state index is -0.135. The van der Waals surface area contributed by atoms with Crippen molar-refractivity contribution in [2.45, 2.75) is 32.9 Å². The maximum absolute atomic E-state index is 6.20. The average Bonchev–Trinajstić information content (AvgIpc) is 3.21. The first-order valence-corrected chi connectivity index (χ1v) is 11.0. The third kappa shape index (κ3) is 3.50. The highest BCUT2D eigenvalue weighted by Crippen LogP contribution is 2.43. The van der Waals surface area contributed by atoms with E-state index in [1.54, 1.807) is 0 Å². The fourth-order valence-corrected chi connectivity index (χ4v) is 4.12. The highest BCUT2D eigenvalue weighted by Gasteiger charge is 2.30. The van der Waals surface area contributed by atoms with Crippen LogP contribution >= 0.6 is 0 Å². The summed E-state index contributed by atoms with van der Waals surface area (Å²) in [4.78, 5) is 4.98. The van der Waals surface area contributed by atoms with Gasteiger partial charge in [0.05, 0.1) is 24.2 Å². The van der Waals surface area contributed by atoms with Crippen LogP contribution in [0, 0.1) is 0 Å². The van der Waals surface area contributed by atoms with Gasteiger partial charge in [-0.15, -0.1) is 0 Å². The van der Waals surface area contributed by atoms with Crippen LogP contribution in [0.2, 0.25) is 0 Å². The van der Waals surface area contributed by atoms with E-state index >= 15 is 0 Å². The van der Waals surface area contributed by atoms with Gasteiger partial charge in [0.1, 0.15) is 23.5 Å². The number of nitrogens with zero attached hydrogens (tertiary/aromatic N) is 2. The van der Waals surface area contributed by atoms with Crippen molar-refractivity contribution >= 4 is 16.7 Å². The number of benzene rings is 3. The lowest BCUT2D eigenvalue weighted by atomic mass is 10.0. The van der Waals surface area contributed by atoms with Crippen molar-refractivity contribution in [3.05, 3.63) is 72.3 Å². The third-order valence-corrected chi connectivity index (χ3v) is 5.53. The molecule has 5 nitrogen and oxygen atoms in total. The van der Waals surface area contributed by atoms with Gasteiger partial charge in [-0.1, -0.05) is 38.1 Å². The van der Waals surface area contributed by atoms with Gasteiger partial charge in [-0.3, -0.25) is 4.57 Å². The number of aromatic nitrogens is 2. The van der Waals surface area contributed by atoms with Crippen LogP contribution in [0.3, 0.4) is 0 Å². The molecule has 5 rings (SSSR count). The zero-order chi connectivity index (χ0) is 21.2. The fraction of sp³-hybridized carbons (Fsp3) is 0.269. The SMILES string of the molecule is CCCOc1ccc([C@@H]2Nc3ccccc3-c3nc4ccccc4n32)c(OCCC)c1. The summed E-state index contributed by atoms with van der Waals surface area (Å²) in [7, 11) is 0. The number of imidazole rings is 1. The van der Waals surface area contributed by atoms with Crippen molar-refractivity contribution in [2.75, 3.05) is 18.5 Å². The molecule has 1 atom stereocenters. The number of hydrogen-bond donors (Lipinski definition) is 1. The van der Waals surface area contributed by atoms with Gasteiger partial charge < -0.3 is 14.8 Å². The Bertz CT molecular complexity index is 1210. The summed E-state index contributed by atoms with van der Waals surface area (Å²) in [6.45, 7) is 5.58. The molecule has 4 aromatic rings. The molecule has 3 aromatic carbocycles. The van der Waals surface area contributed by atoms with Gasteiger partial charge in [0.15, 0.2) is 0 Å². The van der Waals surface area contributed by atoms with E-state index in [4.69, 9.17) is 14.5 Å². The molecule has 0 bridgehead atoms. The predicted molar refractivity (Wildman–Crippen MR) is 125 cm³/mol. The molecular weight excluding hydrogens is 386 g/mol. The molecule has 2 heterocycles. The van der Waals surface area contributed by atoms with Crippen molar-refractivity contribution in [3.8, 4) is 22.9 Å². The Kier molecular flexibility index (Phi) is 5.24. The number of anilines is 1. The molecule has 0 unspecified atom stereocenters. The van der Waals surface area contributed by atoms with Crippen LogP contribution < -0.4 is 14.8 Å². The van der Waals surface area contributed by atoms with Crippen LogP contribution in [0.15, 0.2) is 66.7 Å². The molecule has 5 heteroatoms. The number of nitrogens with one attached hydrogen (secondary N) is 1. The lowest BCUT2D eigenvalue weighted by Crippen LogP contribution is -2.25.